The molecule has 0 saturated carbocycles. The second-order valence-corrected chi connectivity index (χ2v) is 4.80. The van der Waals surface area contributed by atoms with Gasteiger partial charge in [0.25, 0.3) is 5.91 Å². The molecule has 1 amide bonds. The van der Waals surface area contributed by atoms with Crippen LogP contribution in [0.2, 0.25) is 0 Å². The third-order valence-corrected chi connectivity index (χ3v) is 3.06. The van der Waals surface area contributed by atoms with Crippen molar-refractivity contribution < 1.29 is 9.32 Å². The normalized spacial score (nSPS) is 10.4. The number of nitrogens with zero attached hydrogens (tertiary/aromatic N) is 2. The zero-order valence-electron chi connectivity index (χ0n) is 12.6. The molecule has 0 spiro atoms. The van der Waals surface area contributed by atoms with Crippen molar-refractivity contribution in [1.82, 2.24) is 15.5 Å². The highest BCUT2D eigenvalue weighted by Crippen LogP contribution is 2.16. The molecule has 0 saturated heterocycles. The molecule has 0 bridgehead atoms. The fourth-order valence-electron chi connectivity index (χ4n) is 2.03. The summed E-state index contributed by atoms with van der Waals surface area (Å²) in [5.74, 6) is 1.04. The van der Waals surface area contributed by atoms with Crippen LogP contribution < -0.4 is 10.6 Å². The molecule has 0 unspecified atom stereocenters. The molecule has 1 aromatic carbocycles. The average molecular weight is 288 g/mol. The first kappa shape index (κ1) is 15.0. The van der Waals surface area contributed by atoms with Crippen LogP contribution in [0, 0.1) is 13.8 Å². The number of hydrogen-bond donors (Lipinski definition) is 2. The van der Waals surface area contributed by atoms with Gasteiger partial charge in [0.15, 0.2) is 5.82 Å². The molecule has 0 aliphatic heterocycles. The van der Waals surface area contributed by atoms with Crippen LogP contribution in [0.4, 0.5) is 5.69 Å². The summed E-state index contributed by atoms with van der Waals surface area (Å²) in [5, 5.41) is 9.89. The molecule has 1 heterocycles. The van der Waals surface area contributed by atoms with E-state index in [1.165, 1.54) is 0 Å². The third kappa shape index (κ3) is 4.05. The lowest BCUT2D eigenvalue weighted by molar-refractivity contribution is 0.0954. The Labute approximate surface area is 123 Å². The Morgan fingerprint density at radius 1 is 1.33 bits per heavy atom. The minimum atomic E-state index is -0.0960. The summed E-state index contributed by atoms with van der Waals surface area (Å²) >= 11 is 0. The van der Waals surface area contributed by atoms with E-state index in [9.17, 15) is 4.79 Å². The van der Waals surface area contributed by atoms with Crippen molar-refractivity contribution in [2.75, 3.05) is 18.4 Å². The lowest BCUT2D eigenvalue weighted by atomic mass is 10.1. The van der Waals surface area contributed by atoms with E-state index in [4.69, 9.17) is 4.52 Å². The zero-order valence-corrected chi connectivity index (χ0v) is 12.6. The van der Waals surface area contributed by atoms with Crippen molar-refractivity contribution in [3.05, 3.63) is 41.0 Å². The van der Waals surface area contributed by atoms with E-state index >= 15 is 0 Å². The van der Waals surface area contributed by atoms with Crippen molar-refractivity contribution in [3.8, 4) is 0 Å². The van der Waals surface area contributed by atoms with E-state index in [2.05, 4.69) is 20.8 Å². The number of benzene rings is 1. The van der Waals surface area contributed by atoms with Gasteiger partial charge in [0.1, 0.15) is 0 Å². The second-order valence-electron chi connectivity index (χ2n) is 4.80. The molecule has 2 N–H and O–H groups in total. The van der Waals surface area contributed by atoms with E-state index in [0.717, 1.165) is 17.8 Å². The summed E-state index contributed by atoms with van der Waals surface area (Å²) in [6.45, 7) is 7.10. The molecule has 0 radical (unpaired) electrons. The summed E-state index contributed by atoms with van der Waals surface area (Å²) in [6.07, 6.45) is 0.553. The van der Waals surface area contributed by atoms with Crippen LogP contribution in [0.3, 0.4) is 0 Å². The van der Waals surface area contributed by atoms with E-state index in [0.29, 0.717) is 30.2 Å². The molecule has 0 aliphatic carbocycles. The first-order valence-electron chi connectivity index (χ1n) is 7.02. The van der Waals surface area contributed by atoms with E-state index in [1.54, 1.807) is 6.92 Å². The number of anilines is 1. The molecule has 0 atom stereocenters. The van der Waals surface area contributed by atoms with Crippen molar-refractivity contribution in [3.63, 3.8) is 0 Å². The van der Waals surface area contributed by atoms with Gasteiger partial charge in [-0.1, -0.05) is 5.16 Å². The number of rotatable bonds is 6. The number of aromatic nitrogens is 2. The number of carbonyl (C=O) groups is 1. The van der Waals surface area contributed by atoms with Gasteiger partial charge in [0, 0.05) is 37.7 Å². The first-order chi connectivity index (χ1) is 10.1. The Hall–Kier alpha value is -2.37. The zero-order chi connectivity index (χ0) is 15.2. The molecule has 0 aliphatic rings. The van der Waals surface area contributed by atoms with Crippen LogP contribution in [0.1, 0.15) is 34.6 Å². The first-order valence-corrected chi connectivity index (χ1v) is 7.02. The van der Waals surface area contributed by atoms with Gasteiger partial charge in [-0.2, -0.15) is 4.98 Å². The van der Waals surface area contributed by atoms with Gasteiger partial charge in [0.2, 0.25) is 5.89 Å². The lowest BCUT2D eigenvalue weighted by Gasteiger charge is -2.09. The Morgan fingerprint density at radius 3 is 2.76 bits per heavy atom. The Kier molecular flexibility index (Phi) is 4.92. The van der Waals surface area contributed by atoms with Crippen LogP contribution in [0.25, 0.3) is 0 Å². The van der Waals surface area contributed by atoms with E-state index in [1.807, 2.05) is 32.0 Å². The minimum Gasteiger partial charge on any atom is -0.385 e. The summed E-state index contributed by atoms with van der Waals surface area (Å²) in [7, 11) is 0. The van der Waals surface area contributed by atoms with Crippen molar-refractivity contribution in [2.24, 2.45) is 0 Å². The molecule has 2 rings (SSSR count). The number of amides is 1. The fraction of sp³-hybridized carbons (Fsp3) is 0.400. The molecule has 2 aromatic rings. The van der Waals surface area contributed by atoms with Crippen LogP contribution in [-0.2, 0) is 6.42 Å². The maximum atomic E-state index is 12.1. The van der Waals surface area contributed by atoms with Gasteiger partial charge in [0.05, 0.1) is 0 Å². The van der Waals surface area contributed by atoms with E-state index in [-0.39, 0.29) is 5.91 Å². The number of nitrogens with one attached hydrogen (secondary N) is 2. The highest BCUT2D eigenvalue weighted by atomic mass is 16.5. The summed E-state index contributed by atoms with van der Waals surface area (Å²) in [5.41, 5.74) is 2.76. The fourth-order valence-corrected chi connectivity index (χ4v) is 2.03. The summed E-state index contributed by atoms with van der Waals surface area (Å²) < 4.78 is 4.88. The van der Waals surface area contributed by atoms with Gasteiger partial charge >= 0.3 is 0 Å². The summed E-state index contributed by atoms with van der Waals surface area (Å²) in [6, 6.07) is 5.63. The molecule has 21 heavy (non-hydrogen) atoms. The number of hydrogen-bond acceptors (Lipinski definition) is 5. The number of carbonyl (C=O) groups excluding carboxylic acids is 1. The van der Waals surface area contributed by atoms with Gasteiger partial charge < -0.3 is 15.2 Å². The monoisotopic (exact) mass is 288 g/mol. The van der Waals surface area contributed by atoms with Crippen molar-refractivity contribution in [1.29, 1.82) is 0 Å². The van der Waals surface area contributed by atoms with E-state index < -0.39 is 0 Å². The van der Waals surface area contributed by atoms with Crippen LogP contribution >= 0.6 is 0 Å². The predicted octanol–water partition coefficient (Wildman–Crippen LogP) is 2.09. The topological polar surface area (TPSA) is 80.0 Å². The molecule has 6 nitrogen and oxygen atoms in total. The molecule has 0 fully saturated rings. The predicted molar refractivity (Wildman–Crippen MR) is 80.4 cm³/mol. The van der Waals surface area contributed by atoms with Gasteiger partial charge in [-0.25, -0.2) is 0 Å². The highest BCUT2D eigenvalue weighted by molar-refractivity contribution is 5.94. The molecular formula is C15H20N4O2. The standard InChI is InChI=1S/C15H20N4O2/c1-4-16-13-6-5-12(9-10(13)2)15(20)17-8-7-14-18-11(3)21-19-14/h5-6,9,16H,4,7-8H2,1-3H3,(H,17,20). The number of aryl methyl sites for hydroxylation is 2. The van der Waals surface area contributed by atoms with Crippen molar-refractivity contribution in [2.45, 2.75) is 27.2 Å². The van der Waals surface area contributed by atoms with Crippen molar-refractivity contribution >= 4 is 11.6 Å². The average Bonchev–Trinajstić information content (AvgIpc) is 2.87. The minimum absolute atomic E-state index is 0.0960. The maximum absolute atomic E-state index is 12.1. The smallest absolute Gasteiger partial charge is 0.251 e. The van der Waals surface area contributed by atoms with Crippen LogP contribution in [0.15, 0.2) is 22.7 Å². The van der Waals surface area contributed by atoms with Gasteiger partial charge in [-0.3, -0.25) is 4.79 Å². The maximum Gasteiger partial charge on any atom is 0.251 e. The Morgan fingerprint density at radius 2 is 2.14 bits per heavy atom. The highest BCUT2D eigenvalue weighted by Gasteiger charge is 2.08. The molecule has 6 heteroatoms. The third-order valence-electron chi connectivity index (χ3n) is 3.06. The SMILES string of the molecule is CCNc1ccc(C(=O)NCCc2noc(C)n2)cc1C. The molecule has 1 aromatic heterocycles. The largest absolute Gasteiger partial charge is 0.385 e. The lowest BCUT2D eigenvalue weighted by Crippen LogP contribution is -2.26. The second kappa shape index (κ2) is 6.88. The van der Waals surface area contributed by atoms with Gasteiger partial charge in [-0.15, -0.1) is 0 Å². The Bertz CT molecular complexity index is 622. The van der Waals surface area contributed by atoms with Gasteiger partial charge in [-0.05, 0) is 37.6 Å². The quantitative estimate of drug-likeness (QED) is 0.850. The summed E-state index contributed by atoms with van der Waals surface area (Å²) in [4.78, 5) is 16.2. The Balaban J connectivity index is 1.89. The molecular weight excluding hydrogens is 268 g/mol. The van der Waals surface area contributed by atoms with Crippen LogP contribution in [0.5, 0.6) is 0 Å². The molecule has 112 valence electrons. The van der Waals surface area contributed by atoms with Crippen LogP contribution in [-0.4, -0.2) is 29.1 Å².